The molecule has 5 saturated carbocycles. The van der Waals surface area contributed by atoms with Gasteiger partial charge in [0.05, 0.1) is 11.8 Å². The van der Waals surface area contributed by atoms with Gasteiger partial charge in [0.1, 0.15) is 6.10 Å². The number of carboxylic acid groups (broad SMARTS) is 1. The Bertz CT molecular complexity index is 1140. The van der Waals surface area contributed by atoms with Crippen molar-refractivity contribution in [3.8, 4) is 0 Å². The molecule has 5 fully saturated rings. The largest absolute Gasteiger partial charge is 0.481 e. The fourth-order valence-electron chi connectivity index (χ4n) is 13.2. The predicted molar refractivity (Wildman–Crippen MR) is 178 cm³/mol. The van der Waals surface area contributed by atoms with Gasteiger partial charge >= 0.3 is 11.9 Å². The SMILES string of the molecule is C=C(C)[C@@H]1CC[C@]2(CCCNC)CC[C@]3(C)[C@H](CC[C@@H]4[C@@]5(C)CC[C@H](OC(=O)CC(C)(C)C(=O)O)C(C)(C)[C@@H]5CC[C@]43C)[C@@H]12. The van der Waals surface area contributed by atoms with Crippen LogP contribution in [0.4, 0.5) is 0 Å². The molecule has 0 radical (unpaired) electrons. The van der Waals surface area contributed by atoms with Crippen molar-refractivity contribution in [2.75, 3.05) is 13.6 Å². The number of aliphatic carboxylic acids is 1. The van der Waals surface area contributed by atoms with E-state index in [2.05, 4.69) is 60.5 Å². The normalized spacial score (nSPS) is 44.5. The van der Waals surface area contributed by atoms with Crippen molar-refractivity contribution in [2.45, 2.75) is 145 Å². The molecule has 250 valence electrons. The number of hydrogen-bond acceptors (Lipinski definition) is 4. The van der Waals surface area contributed by atoms with Gasteiger partial charge in [0.2, 0.25) is 0 Å². The van der Waals surface area contributed by atoms with Crippen LogP contribution in [0.5, 0.6) is 0 Å². The van der Waals surface area contributed by atoms with E-state index in [1.165, 1.54) is 69.8 Å². The molecule has 5 aliphatic rings. The lowest BCUT2D eigenvalue weighted by molar-refractivity contribution is -0.250. The van der Waals surface area contributed by atoms with E-state index in [0.717, 1.165) is 31.2 Å². The maximum absolute atomic E-state index is 13.0. The topological polar surface area (TPSA) is 75.6 Å². The van der Waals surface area contributed by atoms with Gasteiger partial charge in [-0.15, -0.1) is 0 Å². The Labute approximate surface area is 269 Å². The fraction of sp³-hybridized carbons (Fsp3) is 0.897. The van der Waals surface area contributed by atoms with Gasteiger partial charge in [0.15, 0.2) is 0 Å². The highest BCUT2D eigenvalue weighted by molar-refractivity contribution is 5.81. The number of carboxylic acids is 1. The highest BCUT2D eigenvalue weighted by Crippen LogP contribution is 2.78. The van der Waals surface area contributed by atoms with Gasteiger partial charge < -0.3 is 15.2 Å². The third kappa shape index (κ3) is 5.03. The molecule has 0 spiro atoms. The molecular formula is C39H65NO4. The van der Waals surface area contributed by atoms with Crippen molar-refractivity contribution in [2.24, 2.45) is 62.1 Å². The molecule has 0 aromatic heterocycles. The number of carbonyl (C=O) groups excluding carboxylic acids is 1. The standard InChI is InChI=1S/C39H65NO4/c1-25(2)26-14-20-39(17-11-23-40-10)22-21-37(8)27(32(26)39)12-13-29-36(7)18-16-30(44-31(41)24-34(3,4)33(42)43)35(5,6)28(36)15-19-38(29,37)9/h26-30,32,40H,1,11-24H2,2-10H3,(H,42,43)/t26-,27+,28-,29+,30-,32+,36-,37+,38+,39+/m0/s1. The molecule has 0 bridgehead atoms. The third-order valence-corrected chi connectivity index (χ3v) is 15.7. The Kier molecular flexibility index (Phi) is 8.81. The number of esters is 1. The second-order valence-corrected chi connectivity index (χ2v) is 18.5. The lowest BCUT2D eigenvalue weighted by atomic mass is 9.32. The number of rotatable bonds is 9. The number of allylic oxidation sites excluding steroid dienone is 1. The van der Waals surface area contributed by atoms with Crippen molar-refractivity contribution in [3.63, 3.8) is 0 Å². The van der Waals surface area contributed by atoms with Crippen LogP contribution in [0.15, 0.2) is 12.2 Å². The molecule has 0 aliphatic heterocycles. The zero-order valence-electron chi connectivity index (χ0n) is 29.7. The van der Waals surface area contributed by atoms with Crippen LogP contribution in [-0.2, 0) is 14.3 Å². The summed E-state index contributed by atoms with van der Waals surface area (Å²) in [6.45, 7) is 23.9. The van der Waals surface area contributed by atoms with Crippen LogP contribution in [0.3, 0.4) is 0 Å². The van der Waals surface area contributed by atoms with Gasteiger partial charge in [-0.05, 0) is 163 Å². The molecule has 0 saturated heterocycles. The number of ether oxygens (including phenoxy) is 1. The molecule has 5 heteroatoms. The van der Waals surface area contributed by atoms with Gasteiger partial charge in [0, 0.05) is 5.41 Å². The van der Waals surface area contributed by atoms with Crippen LogP contribution in [-0.4, -0.2) is 36.7 Å². The van der Waals surface area contributed by atoms with Gasteiger partial charge in [-0.2, -0.15) is 0 Å². The highest BCUT2D eigenvalue weighted by atomic mass is 16.5. The first-order valence-electron chi connectivity index (χ1n) is 18.1. The second-order valence-electron chi connectivity index (χ2n) is 18.5. The Balaban J connectivity index is 1.40. The van der Waals surface area contributed by atoms with E-state index < -0.39 is 11.4 Å². The quantitative estimate of drug-likeness (QED) is 0.155. The molecule has 10 atom stereocenters. The molecule has 0 unspecified atom stereocenters. The molecule has 0 amide bonds. The van der Waals surface area contributed by atoms with Crippen molar-refractivity contribution < 1.29 is 19.4 Å². The van der Waals surface area contributed by atoms with Crippen LogP contribution < -0.4 is 5.32 Å². The van der Waals surface area contributed by atoms with E-state index in [1.54, 1.807) is 13.8 Å². The van der Waals surface area contributed by atoms with Crippen molar-refractivity contribution in [1.29, 1.82) is 0 Å². The van der Waals surface area contributed by atoms with E-state index in [4.69, 9.17) is 4.74 Å². The summed E-state index contributed by atoms with van der Waals surface area (Å²) in [5.74, 6) is 2.09. The first kappa shape index (κ1) is 34.0. The summed E-state index contributed by atoms with van der Waals surface area (Å²) < 4.78 is 6.17. The molecule has 0 aromatic carbocycles. The van der Waals surface area contributed by atoms with E-state index in [-0.39, 0.29) is 29.3 Å². The van der Waals surface area contributed by atoms with Crippen molar-refractivity contribution >= 4 is 11.9 Å². The van der Waals surface area contributed by atoms with E-state index in [1.807, 2.05) is 0 Å². The Hall–Kier alpha value is -1.36. The zero-order valence-corrected chi connectivity index (χ0v) is 29.7. The first-order chi connectivity index (χ1) is 20.4. The maximum Gasteiger partial charge on any atom is 0.309 e. The average molecular weight is 612 g/mol. The number of carbonyl (C=O) groups is 2. The molecule has 2 N–H and O–H groups in total. The Morgan fingerprint density at radius 2 is 1.61 bits per heavy atom. The van der Waals surface area contributed by atoms with Gasteiger partial charge in [-0.3, -0.25) is 9.59 Å². The molecular weight excluding hydrogens is 546 g/mol. The van der Waals surface area contributed by atoms with E-state index >= 15 is 0 Å². The second kappa shape index (κ2) is 11.4. The van der Waals surface area contributed by atoms with Gasteiger partial charge in [-0.1, -0.05) is 46.8 Å². The molecule has 5 aliphatic carbocycles. The summed E-state index contributed by atoms with van der Waals surface area (Å²) >= 11 is 0. The summed E-state index contributed by atoms with van der Waals surface area (Å²) in [4.78, 5) is 24.7. The third-order valence-electron chi connectivity index (χ3n) is 15.7. The maximum atomic E-state index is 13.0. The predicted octanol–water partition coefficient (Wildman–Crippen LogP) is 9.06. The summed E-state index contributed by atoms with van der Waals surface area (Å²) in [6, 6.07) is 0. The van der Waals surface area contributed by atoms with Crippen LogP contribution in [0.1, 0.15) is 139 Å². The summed E-state index contributed by atoms with van der Waals surface area (Å²) in [7, 11) is 2.09. The summed E-state index contributed by atoms with van der Waals surface area (Å²) in [6.07, 6.45) is 15.0. The molecule has 0 heterocycles. The number of fused-ring (bicyclic) bond motifs is 7. The molecule has 44 heavy (non-hydrogen) atoms. The van der Waals surface area contributed by atoms with Crippen molar-refractivity contribution in [1.82, 2.24) is 5.32 Å². The minimum Gasteiger partial charge on any atom is -0.481 e. The molecule has 5 rings (SSSR count). The molecule has 5 nitrogen and oxygen atoms in total. The van der Waals surface area contributed by atoms with Gasteiger partial charge in [0.25, 0.3) is 0 Å². The molecule has 0 aromatic rings. The minimum atomic E-state index is -1.11. The lowest BCUT2D eigenvalue weighted by Gasteiger charge is -2.73. The first-order valence-corrected chi connectivity index (χ1v) is 18.1. The van der Waals surface area contributed by atoms with E-state index in [0.29, 0.717) is 34.0 Å². The minimum absolute atomic E-state index is 0.0833. The monoisotopic (exact) mass is 611 g/mol. The summed E-state index contributed by atoms with van der Waals surface area (Å²) in [5.41, 5.74) is 1.55. The number of hydrogen-bond donors (Lipinski definition) is 2. The zero-order chi connectivity index (χ0) is 32.5. The van der Waals surface area contributed by atoms with Crippen LogP contribution >= 0.6 is 0 Å². The Morgan fingerprint density at radius 3 is 2.25 bits per heavy atom. The van der Waals surface area contributed by atoms with Crippen LogP contribution in [0.2, 0.25) is 0 Å². The van der Waals surface area contributed by atoms with E-state index in [9.17, 15) is 14.7 Å². The van der Waals surface area contributed by atoms with Crippen LogP contribution in [0.25, 0.3) is 0 Å². The van der Waals surface area contributed by atoms with Gasteiger partial charge in [-0.25, -0.2) is 0 Å². The Morgan fingerprint density at radius 1 is 0.909 bits per heavy atom. The summed E-state index contributed by atoms with van der Waals surface area (Å²) in [5, 5.41) is 13.0. The smallest absolute Gasteiger partial charge is 0.309 e. The fourth-order valence-corrected chi connectivity index (χ4v) is 13.2. The average Bonchev–Trinajstić information content (AvgIpc) is 3.30. The number of nitrogens with one attached hydrogen (secondary N) is 1. The van der Waals surface area contributed by atoms with Crippen molar-refractivity contribution in [3.05, 3.63) is 12.2 Å². The highest BCUT2D eigenvalue weighted by Gasteiger charge is 2.71. The van der Waals surface area contributed by atoms with Crippen LogP contribution in [0, 0.1) is 62.1 Å². The lowest BCUT2D eigenvalue weighted by Crippen LogP contribution is -2.66.